The third kappa shape index (κ3) is 5.03. The van der Waals surface area contributed by atoms with Gasteiger partial charge in [-0.05, 0) is 13.0 Å². The van der Waals surface area contributed by atoms with Gasteiger partial charge in [-0.2, -0.15) is 0 Å². The highest BCUT2D eigenvalue weighted by molar-refractivity contribution is 4.85. The maximum atomic E-state index is 13.5. The van der Waals surface area contributed by atoms with Crippen LogP contribution in [0.4, 0.5) is 22.0 Å². The molecule has 1 saturated carbocycles. The minimum atomic E-state index is -4.61. The Balaban J connectivity index is 1.57. The quantitative estimate of drug-likeness (QED) is 0.728. The Morgan fingerprint density at radius 1 is 1.19 bits per heavy atom. The second kappa shape index (κ2) is 6.34. The summed E-state index contributed by atoms with van der Waals surface area (Å²) in [7, 11) is 0. The first-order chi connectivity index (χ1) is 9.66. The van der Waals surface area contributed by atoms with Crippen LogP contribution < -0.4 is 0 Å². The van der Waals surface area contributed by atoms with E-state index < -0.39 is 24.3 Å². The molecule has 2 aliphatic rings. The van der Waals surface area contributed by atoms with Crippen LogP contribution >= 0.6 is 0 Å². The van der Waals surface area contributed by atoms with Gasteiger partial charge in [0.1, 0.15) is 0 Å². The van der Waals surface area contributed by atoms with Gasteiger partial charge in [0.25, 0.3) is 5.92 Å². The molecule has 21 heavy (non-hydrogen) atoms. The zero-order valence-corrected chi connectivity index (χ0v) is 11.8. The molecule has 0 amide bonds. The Morgan fingerprint density at radius 3 is 2.43 bits per heavy atom. The Labute approximate surface area is 120 Å². The Bertz CT molecular complexity index is 344. The van der Waals surface area contributed by atoms with Crippen LogP contribution in [-0.2, 0) is 9.47 Å². The first kappa shape index (κ1) is 16.9. The number of halogens is 5. The van der Waals surface area contributed by atoms with Crippen LogP contribution in [0, 0.1) is 5.92 Å². The van der Waals surface area contributed by atoms with Crippen molar-refractivity contribution < 1.29 is 31.4 Å². The van der Waals surface area contributed by atoms with Crippen LogP contribution in [-0.4, -0.2) is 55.6 Å². The molecular weight excluding hydrogens is 297 g/mol. The summed E-state index contributed by atoms with van der Waals surface area (Å²) in [6.45, 7) is 2.51. The monoisotopic (exact) mass is 317 g/mol. The zero-order chi connectivity index (χ0) is 15.7. The van der Waals surface area contributed by atoms with Crippen molar-refractivity contribution in [1.29, 1.82) is 0 Å². The number of alkyl halides is 5. The standard InChI is InChI=1S/C13H20F5NO2/c1-9-2-3-19(8-12(9,14)15)4-5-20-10-6-11(7-10)21-13(16,17)18/h9-11H,2-8H2,1H3. The molecular formula is C13H20F5NO2. The van der Waals surface area contributed by atoms with Crippen LogP contribution in [0.15, 0.2) is 0 Å². The lowest BCUT2D eigenvalue weighted by Gasteiger charge is -2.38. The molecule has 0 aromatic rings. The van der Waals surface area contributed by atoms with Crippen molar-refractivity contribution in [2.75, 3.05) is 26.2 Å². The van der Waals surface area contributed by atoms with Gasteiger partial charge in [0, 0.05) is 25.3 Å². The molecule has 1 aliphatic heterocycles. The van der Waals surface area contributed by atoms with E-state index in [1.54, 1.807) is 11.8 Å². The smallest absolute Gasteiger partial charge is 0.377 e. The van der Waals surface area contributed by atoms with Crippen molar-refractivity contribution >= 4 is 0 Å². The molecule has 8 heteroatoms. The fraction of sp³-hybridized carbons (Fsp3) is 1.00. The van der Waals surface area contributed by atoms with Gasteiger partial charge >= 0.3 is 6.36 Å². The van der Waals surface area contributed by atoms with Crippen molar-refractivity contribution in [3.63, 3.8) is 0 Å². The number of rotatable bonds is 5. The Morgan fingerprint density at radius 2 is 1.86 bits per heavy atom. The summed E-state index contributed by atoms with van der Waals surface area (Å²) in [6.07, 6.45) is -4.86. The third-order valence-corrected chi connectivity index (χ3v) is 4.15. The second-order valence-electron chi connectivity index (χ2n) is 5.88. The SMILES string of the molecule is CC1CCN(CCOC2CC(OC(F)(F)F)C2)CC1(F)F. The molecule has 1 unspecified atom stereocenters. The van der Waals surface area contributed by atoms with Gasteiger partial charge in [0.05, 0.1) is 25.4 Å². The molecule has 0 N–H and O–H groups in total. The van der Waals surface area contributed by atoms with Crippen molar-refractivity contribution in [2.24, 2.45) is 5.92 Å². The maximum Gasteiger partial charge on any atom is 0.522 e. The van der Waals surface area contributed by atoms with Crippen LogP contribution in [0.25, 0.3) is 0 Å². The Hall–Kier alpha value is -0.470. The number of piperidine rings is 1. The summed E-state index contributed by atoms with van der Waals surface area (Å²) in [5.41, 5.74) is 0. The molecule has 2 rings (SSSR count). The number of nitrogens with zero attached hydrogens (tertiary/aromatic N) is 1. The minimum Gasteiger partial charge on any atom is -0.377 e. The molecule has 1 saturated heterocycles. The summed E-state index contributed by atoms with van der Waals surface area (Å²) in [6, 6.07) is 0. The van der Waals surface area contributed by atoms with Crippen molar-refractivity contribution in [3.05, 3.63) is 0 Å². The van der Waals surface area contributed by atoms with Gasteiger partial charge in [0.2, 0.25) is 0 Å². The number of likely N-dealkylation sites (tertiary alicyclic amines) is 1. The van der Waals surface area contributed by atoms with Crippen LogP contribution in [0.2, 0.25) is 0 Å². The van der Waals surface area contributed by atoms with Crippen molar-refractivity contribution in [1.82, 2.24) is 4.90 Å². The summed E-state index contributed by atoms with van der Waals surface area (Å²) < 4.78 is 72.0. The summed E-state index contributed by atoms with van der Waals surface area (Å²) in [5.74, 6) is -3.29. The van der Waals surface area contributed by atoms with E-state index in [2.05, 4.69) is 4.74 Å². The molecule has 0 aromatic carbocycles. The minimum absolute atomic E-state index is 0.201. The lowest BCUT2D eigenvalue weighted by molar-refractivity contribution is -0.357. The number of hydrogen-bond acceptors (Lipinski definition) is 3. The predicted octanol–water partition coefficient (Wildman–Crippen LogP) is 3.05. The molecule has 0 spiro atoms. The number of hydrogen-bond donors (Lipinski definition) is 0. The molecule has 0 aromatic heterocycles. The van der Waals surface area contributed by atoms with E-state index >= 15 is 0 Å². The molecule has 1 heterocycles. The summed E-state index contributed by atoms with van der Waals surface area (Å²) in [4.78, 5) is 1.64. The van der Waals surface area contributed by atoms with Crippen molar-refractivity contribution in [2.45, 2.75) is 50.7 Å². The number of ether oxygens (including phenoxy) is 2. The molecule has 1 atom stereocenters. The van der Waals surface area contributed by atoms with Gasteiger partial charge in [-0.25, -0.2) is 8.78 Å². The molecule has 124 valence electrons. The highest BCUT2D eigenvalue weighted by Crippen LogP contribution is 2.33. The zero-order valence-electron chi connectivity index (χ0n) is 11.8. The van der Waals surface area contributed by atoms with Crippen LogP contribution in [0.5, 0.6) is 0 Å². The predicted molar refractivity (Wildman–Crippen MR) is 65.1 cm³/mol. The molecule has 3 nitrogen and oxygen atoms in total. The summed E-state index contributed by atoms with van der Waals surface area (Å²) in [5, 5.41) is 0. The maximum absolute atomic E-state index is 13.5. The van der Waals surface area contributed by atoms with E-state index in [1.807, 2.05) is 0 Å². The fourth-order valence-electron chi connectivity index (χ4n) is 2.60. The topological polar surface area (TPSA) is 21.7 Å². The average Bonchev–Trinajstić information content (AvgIpc) is 2.28. The van der Waals surface area contributed by atoms with E-state index in [9.17, 15) is 22.0 Å². The normalized spacial score (nSPS) is 33.7. The molecule has 1 aliphatic carbocycles. The lowest BCUT2D eigenvalue weighted by atomic mass is 9.92. The first-order valence-corrected chi connectivity index (χ1v) is 7.12. The van der Waals surface area contributed by atoms with Crippen LogP contribution in [0.3, 0.4) is 0 Å². The molecule has 0 bridgehead atoms. The van der Waals surface area contributed by atoms with E-state index in [0.717, 1.165) is 0 Å². The van der Waals surface area contributed by atoms with Crippen LogP contribution in [0.1, 0.15) is 26.2 Å². The average molecular weight is 317 g/mol. The first-order valence-electron chi connectivity index (χ1n) is 7.12. The fourth-order valence-corrected chi connectivity index (χ4v) is 2.60. The lowest BCUT2D eigenvalue weighted by Crippen LogP contribution is -2.49. The van der Waals surface area contributed by atoms with E-state index in [4.69, 9.17) is 4.74 Å². The van der Waals surface area contributed by atoms with Gasteiger partial charge in [-0.3, -0.25) is 9.64 Å². The third-order valence-electron chi connectivity index (χ3n) is 4.15. The highest BCUT2D eigenvalue weighted by atomic mass is 19.4. The van der Waals surface area contributed by atoms with E-state index in [-0.39, 0.29) is 32.1 Å². The van der Waals surface area contributed by atoms with Gasteiger partial charge in [0.15, 0.2) is 0 Å². The van der Waals surface area contributed by atoms with Crippen molar-refractivity contribution in [3.8, 4) is 0 Å². The Kier molecular flexibility index (Phi) is 5.10. The molecule has 0 radical (unpaired) electrons. The van der Waals surface area contributed by atoms with E-state index in [0.29, 0.717) is 19.5 Å². The van der Waals surface area contributed by atoms with Gasteiger partial charge in [-0.15, -0.1) is 13.2 Å². The van der Waals surface area contributed by atoms with Gasteiger partial charge < -0.3 is 4.74 Å². The largest absolute Gasteiger partial charge is 0.522 e. The summed E-state index contributed by atoms with van der Waals surface area (Å²) >= 11 is 0. The second-order valence-corrected chi connectivity index (χ2v) is 5.88. The highest BCUT2D eigenvalue weighted by Gasteiger charge is 2.42. The van der Waals surface area contributed by atoms with Gasteiger partial charge in [-0.1, -0.05) is 6.92 Å². The van der Waals surface area contributed by atoms with E-state index in [1.165, 1.54) is 0 Å². The molecule has 2 fully saturated rings.